The largest absolute Gasteiger partial charge is 0.496 e. The van der Waals surface area contributed by atoms with Gasteiger partial charge in [-0.3, -0.25) is 14.2 Å². The summed E-state index contributed by atoms with van der Waals surface area (Å²) in [6.07, 6.45) is 2.17. The van der Waals surface area contributed by atoms with Crippen molar-refractivity contribution in [2.24, 2.45) is 5.92 Å². The number of benzene rings is 1. The molecule has 1 N–H and O–H groups in total. The van der Waals surface area contributed by atoms with E-state index in [0.717, 1.165) is 15.9 Å². The van der Waals surface area contributed by atoms with Gasteiger partial charge in [-0.25, -0.2) is 13.8 Å². The lowest BCUT2D eigenvalue weighted by molar-refractivity contribution is -0.127. The number of nitrogens with zero attached hydrogens (tertiary/aromatic N) is 5. The van der Waals surface area contributed by atoms with Crippen molar-refractivity contribution in [3.8, 4) is 10.8 Å². The smallest absolute Gasteiger partial charge is 0.333 e. The second kappa shape index (κ2) is 12.1. The fraction of sp³-hybridized carbons (Fsp3) is 0.500. The van der Waals surface area contributed by atoms with Crippen LogP contribution in [0.2, 0.25) is 0 Å². The predicted molar refractivity (Wildman–Crippen MR) is 162 cm³/mol. The number of rotatable bonds is 12. The molecule has 3 aromatic heterocycles. The Hall–Kier alpha value is -3.68. The van der Waals surface area contributed by atoms with Gasteiger partial charge in [0.2, 0.25) is 0 Å². The number of ether oxygens (including phenoxy) is 2. The van der Waals surface area contributed by atoms with Crippen molar-refractivity contribution in [2.45, 2.75) is 78.7 Å². The van der Waals surface area contributed by atoms with Gasteiger partial charge in [-0.2, -0.15) is 10.2 Å². The normalized spacial score (nSPS) is 13.2. The van der Waals surface area contributed by atoms with Crippen LogP contribution in [0, 0.1) is 18.7 Å². The lowest BCUT2D eigenvalue weighted by Gasteiger charge is -2.29. The van der Waals surface area contributed by atoms with Gasteiger partial charge in [0, 0.05) is 17.5 Å². The number of ketones is 1. The summed E-state index contributed by atoms with van der Waals surface area (Å²) < 4.78 is 28.5. The summed E-state index contributed by atoms with van der Waals surface area (Å²) >= 11 is 1.14. The minimum Gasteiger partial charge on any atom is -0.496 e. The summed E-state index contributed by atoms with van der Waals surface area (Å²) in [4.78, 5) is 43.6. The molecule has 13 heteroatoms. The van der Waals surface area contributed by atoms with Crippen LogP contribution in [0.3, 0.4) is 0 Å². The van der Waals surface area contributed by atoms with E-state index in [-0.39, 0.29) is 36.7 Å². The molecule has 0 radical (unpaired) electrons. The Balaban J connectivity index is 2.04. The number of fused-ring (bicyclic) bond motifs is 1. The molecule has 232 valence electrons. The molecule has 0 fully saturated rings. The van der Waals surface area contributed by atoms with Crippen molar-refractivity contribution in [3.63, 3.8) is 0 Å². The first-order valence-corrected chi connectivity index (χ1v) is 14.7. The zero-order chi connectivity index (χ0) is 31.9. The Morgan fingerprint density at radius 2 is 1.79 bits per heavy atom. The van der Waals surface area contributed by atoms with Gasteiger partial charge in [-0.05, 0) is 58.7 Å². The molecule has 4 rings (SSSR count). The third kappa shape index (κ3) is 6.48. The van der Waals surface area contributed by atoms with Crippen molar-refractivity contribution in [3.05, 3.63) is 68.4 Å². The lowest BCUT2D eigenvalue weighted by Crippen LogP contribution is -2.53. The van der Waals surface area contributed by atoms with Gasteiger partial charge in [-0.15, -0.1) is 4.80 Å². The first kappa shape index (κ1) is 32.2. The van der Waals surface area contributed by atoms with Crippen molar-refractivity contribution in [1.82, 2.24) is 24.1 Å². The Kier molecular flexibility index (Phi) is 9.10. The molecule has 0 amide bonds. The van der Waals surface area contributed by atoms with Gasteiger partial charge in [0.05, 0.1) is 43.6 Å². The molecule has 4 aromatic rings. The predicted octanol–water partition coefficient (Wildman–Crippen LogP) is 4.14. The maximum atomic E-state index is 14.5. The third-order valence-corrected chi connectivity index (χ3v) is 8.43. The molecular weight excluding hydrogens is 577 g/mol. The Morgan fingerprint density at radius 3 is 2.37 bits per heavy atom. The van der Waals surface area contributed by atoms with E-state index in [1.807, 2.05) is 13.8 Å². The Labute approximate surface area is 252 Å². The van der Waals surface area contributed by atoms with Crippen LogP contribution in [0.5, 0.6) is 5.75 Å². The average Bonchev–Trinajstić information content (AvgIpc) is 3.55. The summed E-state index contributed by atoms with van der Waals surface area (Å²) in [5.41, 5.74) is -3.22. The van der Waals surface area contributed by atoms with Crippen LogP contribution in [-0.2, 0) is 21.6 Å². The zero-order valence-electron chi connectivity index (χ0n) is 25.7. The number of hydrogen-bond donors (Lipinski definition) is 1. The second-order valence-electron chi connectivity index (χ2n) is 12.1. The molecule has 0 spiro atoms. The van der Waals surface area contributed by atoms with Gasteiger partial charge >= 0.3 is 5.69 Å². The van der Waals surface area contributed by atoms with Crippen LogP contribution >= 0.6 is 11.3 Å². The molecule has 0 unspecified atom stereocenters. The second-order valence-corrected chi connectivity index (χ2v) is 13.1. The summed E-state index contributed by atoms with van der Waals surface area (Å²) in [5, 5.41) is 19.6. The van der Waals surface area contributed by atoms with Crippen LogP contribution in [-0.4, -0.2) is 54.3 Å². The van der Waals surface area contributed by atoms with Gasteiger partial charge in [0.25, 0.3) is 5.56 Å². The monoisotopic (exact) mass is 615 g/mol. The fourth-order valence-electron chi connectivity index (χ4n) is 4.91. The van der Waals surface area contributed by atoms with Crippen molar-refractivity contribution in [1.29, 1.82) is 0 Å². The molecule has 1 aromatic carbocycles. The first-order chi connectivity index (χ1) is 20.1. The van der Waals surface area contributed by atoms with Crippen LogP contribution in [0.15, 0.2) is 40.2 Å². The van der Waals surface area contributed by atoms with Gasteiger partial charge in [0.15, 0.2) is 5.78 Å². The number of Topliss-reactive ketones (excluding diaryl/α,β-unsaturated/α-hetero) is 1. The van der Waals surface area contributed by atoms with Gasteiger partial charge < -0.3 is 14.6 Å². The number of carbonyl (C=O) groups excluding carboxylic acids is 1. The maximum Gasteiger partial charge on any atom is 0.333 e. The molecule has 11 nitrogen and oxygen atoms in total. The Morgan fingerprint density at radius 1 is 1.14 bits per heavy atom. The van der Waals surface area contributed by atoms with Crippen molar-refractivity contribution < 1.29 is 23.8 Å². The highest BCUT2D eigenvalue weighted by atomic mass is 32.1. The molecule has 43 heavy (non-hydrogen) atoms. The number of aromatic nitrogens is 5. The van der Waals surface area contributed by atoms with E-state index in [9.17, 15) is 23.9 Å². The highest BCUT2D eigenvalue weighted by Gasteiger charge is 2.36. The van der Waals surface area contributed by atoms with E-state index >= 15 is 0 Å². The van der Waals surface area contributed by atoms with E-state index in [1.54, 1.807) is 34.6 Å². The number of thiophene rings is 1. The minimum absolute atomic E-state index is 0.00821. The first-order valence-electron chi connectivity index (χ1n) is 13.9. The minimum atomic E-state index is -1.48. The van der Waals surface area contributed by atoms with Crippen LogP contribution in [0.25, 0.3) is 15.2 Å². The summed E-state index contributed by atoms with van der Waals surface area (Å²) in [6, 6.07) is 3.95. The summed E-state index contributed by atoms with van der Waals surface area (Å²) in [6.45, 7) is 11.4. The number of aliphatic hydroxyl groups is 1. The maximum absolute atomic E-state index is 14.5. The molecule has 0 aliphatic rings. The van der Waals surface area contributed by atoms with Crippen LogP contribution in [0.4, 0.5) is 4.39 Å². The number of aryl methyl sites for hydroxylation is 1. The zero-order valence-corrected chi connectivity index (χ0v) is 26.5. The molecule has 3 heterocycles. The standard InChI is InChI=1S/C30H38FN5O6S/c1-17(2)13-23(37)30(6,7)35-25(38)24-18(3)26(36-32-11-12-33-36)43-27(24)34(28(35)39)15-22(42-16-29(4,5)40)20-14-19(31)9-10-21(20)41-8/h9-12,14,17,22,40H,13,15-16H2,1-8H3/t22-/m0/s1. The van der Waals surface area contributed by atoms with Crippen LogP contribution < -0.4 is 16.0 Å². The Bertz CT molecular complexity index is 1750. The van der Waals surface area contributed by atoms with Crippen molar-refractivity contribution in [2.75, 3.05) is 13.7 Å². The molecule has 0 bridgehead atoms. The lowest BCUT2D eigenvalue weighted by atomic mass is 9.91. The molecule has 0 saturated carbocycles. The van der Waals surface area contributed by atoms with E-state index in [1.165, 1.54) is 47.1 Å². The number of methoxy groups -OCH3 is 1. The highest BCUT2D eigenvalue weighted by molar-refractivity contribution is 7.21. The van der Waals surface area contributed by atoms with Crippen LogP contribution in [0.1, 0.15) is 65.2 Å². The van der Waals surface area contributed by atoms with Gasteiger partial charge in [0.1, 0.15) is 33.0 Å². The molecule has 1 atom stereocenters. The van der Waals surface area contributed by atoms with Gasteiger partial charge in [-0.1, -0.05) is 25.2 Å². The van der Waals surface area contributed by atoms with E-state index in [4.69, 9.17) is 9.47 Å². The summed E-state index contributed by atoms with van der Waals surface area (Å²) in [5.74, 6) is -0.490. The third-order valence-electron chi connectivity index (χ3n) is 7.15. The number of carbonyl (C=O) groups is 1. The van der Waals surface area contributed by atoms with E-state index in [2.05, 4.69) is 10.2 Å². The summed E-state index contributed by atoms with van der Waals surface area (Å²) in [7, 11) is 1.43. The number of halogens is 1. The van der Waals surface area contributed by atoms with E-state index in [0.29, 0.717) is 26.7 Å². The topological polar surface area (TPSA) is 130 Å². The average molecular weight is 616 g/mol. The molecular formula is C30H38FN5O6S. The number of hydrogen-bond acceptors (Lipinski definition) is 9. The molecule has 0 aliphatic carbocycles. The molecule has 0 saturated heterocycles. The SMILES string of the molecule is COc1ccc(F)cc1[C@H](Cn1c(=O)n(C(C)(C)C(=O)CC(C)C)c(=O)c2c(C)c(-n3nccn3)sc21)OCC(C)(C)O. The highest BCUT2D eigenvalue weighted by Crippen LogP contribution is 2.35. The van der Waals surface area contributed by atoms with Crippen molar-refractivity contribution >= 4 is 27.3 Å². The quantitative estimate of drug-likeness (QED) is 0.252. The van der Waals surface area contributed by atoms with E-state index < -0.39 is 34.3 Å². The fourth-order valence-corrected chi connectivity index (χ4v) is 6.13. The molecule has 0 aliphatic heterocycles.